The molecule has 14 heavy (non-hydrogen) atoms. The molecule has 0 aliphatic carbocycles. The van der Waals surface area contributed by atoms with Crippen molar-refractivity contribution in [3.8, 4) is 0 Å². The van der Waals surface area contributed by atoms with Gasteiger partial charge in [0.15, 0.2) is 0 Å². The van der Waals surface area contributed by atoms with E-state index in [0.29, 0.717) is 12.1 Å². The lowest BCUT2D eigenvalue weighted by molar-refractivity contribution is 0.0578. The molecule has 0 aromatic carbocycles. The molecule has 3 heteroatoms. The summed E-state index contributed by atoms with van der Waals surface area (Å²) in [4.78, 5) is 0. The quantitative estimate of drug-likeness (QED) is 0.580. The lowest BCUT2D eigenvalue weighted by Crippen LogP contribution is -2.31. The third-order valence-electron chi connectivity index (χ3n) is 2.08. The minimum absolute atomic E-state index is 0.317. The zero-order chi connectivity index (χ0) is 10.8. The van der Waals surface area contributed by atoms with E-state index in [4.69, 9.17) is 9.47 Å². The summed E-state index contributed by atoms with van der Waals surface area (Å²) in [6, 6.07) is 0.456. The zero-order valence-electron chi connectivity index (χ0n) is 10.0. The molecule has 0 rings (SSSR count). The Morgan fingerprint density at radius 1 is 1.29 bits per heavy atom. The van der Waals surface area contributed by atoms with E-state index in [1.807, 2.05) is 14.0 Å². The molecule has 0 spiro atoms. The van der Waals surface area contributed by atoms with Crippen LogP contribution in [0.25, 0.3) is 0 Å². The van der Waals surface area contributed by atoms with E-state index >= 15 is 0 Å². The molecule has 0 aromatic heterocycles. The van der Waals surface area contributed by atoms with Gasteiger partial charge in [-0.3, -0.25) is 0 Å². The molecule has 0 aliphatic rings. The van der Waals surface area contributed by atoms with Crippen molar-refractivity contribution in [1.29, 1.82) is 0 Å². The number of ether oxygens (including phenoxy) is 2. The third kappa shape index (κ3) is 8.48. The summed E-state index contributed by atoms with van der Waals surface area (Å²) in [5.74, 6) is 0. The Balaban J connectivity index is 3.38. The summed E-state index contributed by atoms with van der Waals surface area (Å²) in [6.07, 6.45) is 2.53. The number of likely N-dealkylation sites (N-methyl/N-ethyl adjacent to an activating group) is 1. The highest BCUT2D eigenvalue weighted by molar-refractivity contribution is 4.63. The van der Waals surface area contributed by atoms with Gasteiger partial charge in [-0.15, -0.1) is 0 Å². The molecule has 0 bridgehead atoms. The van der Waals surface area contributed by atoms with Gasteiger partial charge in [0.2, 0.25) is 0 Å². The lowest BCUT2D eigenvalue weighted by atomic mass is 10.2. The van der Waals surface area contributed by atoms with E-state index in [1.54, 1.807) is 0 Å². The average molecular weight is 203 g/mol. The Bertz CT molecular complexity index is 118. The molecule has 0 aliphatic heterocycles. The molecule has 0 saturated carbocycles. The Morgan fingerprint density at radius 2 is 2.00 bits per heavy atom. The van der Waals surface area contributed by atoms with Gasteiger partial charge in [0.25, 0.3) is 0 Å². The molecule has 1 unspecified atom stereocenters. The smallest absolute Gasteiger partial charge is 0.0622 e. The van der Waals surface area contributed by atoms with Crippen LogP contribution in [0.2, 0.25) is 0 Å². The van der Waals surface area contributed by atoms with Gasteiger partial charge >= 0.3 is 0 Å². The molecule has 0 amide bonds. The summed E-state index contributed by atoms with van der Waals surface area (Å²) < 4.78 is 10.8. The third-order valence-corrected chi connectivity index (χ3v) is 2.08. The monoisotopic (exact) mass is 203 g/mol. The van der Waals surface area contributed by atoms with Crippen LogP contribution in [-0.4, -0.2) is 39.0 Å². The molecule has 0 saturated heterocycles. The van der Waals surface area contributed by atoms with Gasteiger partial charge < -0.3 is 14.8 Å². The Hall–Kier alpha value is -0.120. The van der Waals surface area contributed by atoms with Gasteiger partial charge in [-0.2, -0.15) is 0 Å². The summed E-state index contributed by atoms with van der Waals surface area (Å²) in [5.41, 5.74) is 0. The van der Waals surface area contributed by atoms with Crippen molar-refractivity contribution < 1.29 is 9.47 Å². The van der Waals surface area contributed by atoms with Crippen molar-refractivity contribution in [1.82, 2.24) is 5.32 Å². The second-order valence-corrected chi connectivity index (χ2v) is 3.71. The first-order valence-corrected chi connectivity index (χ1v) is 5.57. The number of rotatable bonds is 9. The van der Waals surface area contributed by atoms with Crippen LogP contribution in [-0.2, 0) is 9.47 Å². The van der Waals surface area contributed by atoms with E-state index in [0.717, 1.165) is 32.7 Å². The van der Waals surface area contributed by atoms with E-state index in [9.17, 15) is 0 Å². The summed E-state index contributed by atoms with van der Waals surface area (Å²) in [7, 11) is 1.98. The molecular formula is C11H25NO2. The fraction of sp³-hybridized carbons (Fsp3) is 1.00. The topological polar surface area (TPSA) is 30.5 Å². The van der Waals surface area contributed by atoms with Gasteiger partial charge in [-0.05, 0) is 40.7 Å². The fourth-order valence-electron chi connectivity index (χ4n) is 1.20. The van der Waals surface area contributed by atoms with Crippen molar-refractivity contribution in [3.63, 3.8) is 0 Å². The normalized spacial score (nSPS) is 13.5. The molecule has 1 atom stereocenters. The van der Waals surface area contributed by atoms with E-state index in [1.165, 1.54) is 0 Å². The highest BCUT2D eigenvalue weighted by atomic mass is 16.5. The van der Waals surface area contributed by atoms with Crippen molar-refractivity contribution in [3.05, 3.63) is 0 Å². The van der Waals surface area contributed by atoms with E-state index < -0.39 is 0 Å². The van der Waals surface area contributed by atoms with Crippen LogP contribution in [0.1, 0.15) is 33.6 Å². The van der Waals surface area contributed by atoms with Gasteiger partial charge in [0.05, 0.1) is 12.7 Å². The van der Waals surface area contributed by atoms with Crippen molar-refractivity contribution in [2.45, 2.75) is 45.8 Å². The van der Waals surface area contributed by atoms with Crippen LogP contribution in [0, 0.1) is 0 Å². The second kappa shape index (κ2) is 9.44. The molecule has 1 N–H and O–H groups in total. The highest BCUT2D eigenvalue weighted by Gasteiger charge is 2.06. The lowest BCUT2D eigenvalue weighted by Gasteiger charge is -2.17. The molecule has 0 fully saturated rings. The minimum Gasteiger partial charge on any atom is -0.382 e. The molecule has 0 aromatic rings. The SMILES string of the molecule is CCOCCCC(COC(C)C)NC. The molecule has 0 radical (unpaired) electrons. The van der Waals surface area contributed by atoms with E-state index in [2.05, 4.69) is 19.2 Å². The molecular weight excluding hydrogens is 178 g/mol. The van der Waals surface area contributed by atoms with Crippen LogP contribution in [0.5, 0.6) is 0 Å². The number of hydrogen-bond acceptors (Lipinski definition) is 3. The second-order valence-electron chi connectivity index (χ2n) is 3.71. The van der Waals surface area contributed by atoms with Gasteiger partial charge in [-0.1, -0.05) is 0 Å². The summed E-state index contributed by atoms with van der Waals surface area (Å²) in [6.45, 7) is 8.61. The largest absolute Gasteiger partial charge is 0.382 e. The summed E-state index contributed by atoms with van der Waals surface area (Å²) in [5, 5.41) is 3.25. The Kier molecular flexibility index (Phi) is 9.35. The van der Waals surface area contributed by atoms with Gasteiger partial charge in [0, 0.05) is 19.3 Å². The first-order valence-electron chi connectivity index (χ1n) is 5.57. The predicted octanol–water partition coefficient (Wildman–Crippen LogP) is 1.82. The standard InChI is InChI=1S/C11H25NO2/c1-5-13-8-6-7-11(12-4)9-14-10(2)3/h10-12H,5-9H2,1-4H3. The molecule has 0 heterocycles. The fourth-order valence-corrected chi connectivity index (χ4v) is 1.20. The zero-order valence-corrected chi connectivity index (χ0v) is 10.0. The average Bonchev–Trinajstić information content (AvgIpc) is 2.16. The summed E-state index contributed by atoms with van der Waals surface area (Å²) >= 11 is 0. The maximum Gasteiger partial charge on any atom is 0.0622 e. The van der Waals surface area contributed by atoms with E-state index in [-0.39, 0.29) is 0 Å². The molecule has 3 nitrogen and oxygen atoms in total. The van der Waals surface area contributed by atoms with Crippen LogP contribution < -0.4 is 5.32 Å². The highest BCUT2D eigenvalue weighted by Crippen LogP contribution is 2.00. The Labute approximate surface area is 88.2 Å². The maximum absolute atomic E-state index is 5.55. The minimum atomic E-state index is 0.317. The Morgan fingerprint density at radius 3 is 2.50 bits per heavy atom. The number of nitrogens with one attached hydrogen (secondary N) is 1. The van der Waals surface area contributed by atoms with Gasteiger partial charge in [0.1, 0.15) is 0 Å². The van der Waals surface area contributed by atoms with Crippen LogP contribution in [0.15, 0.2) is 0 Å². The predicted molar refractivity (Wildman–Crippen MR) is 59.7 cm³/mol. The van der Waals surface area contributed by atoms with Crippen LogP contribution in [0.3, 0.4) is 0 Å². The maximum atomic E-state index is 5.55. The first kappa shape index (κ1) is 13.9. The van der Waals surface area contributed by atoms with Crippen molar-refractivity contribution in [2.24, 2.45) is 0 Å². The number of hydrogen-bond donors (Lipinski definition) is 1. The van der Waals surface area contributed by atoms with Crippen LogP contribution in [0.4, 0.5) is 0 Å². The first-order chi connectivity index (χ1) is 6.70. The van der Waals surface area contributed by atoms with Gasteiger partial charge in [-0.25, -0.2) is 0 Å². The van der Waals surface area contributed by atoms with Crippen LogP contribution >= 0.6 is 0 Å². The molecule has 86 valence electrons. The van der Waals surface area contributed by atoms with Crippen molar-refractivity contribution in [2.75, 3.05) is 26.9 Å². The van der Waals surface area contributed by atoms with Crippen molar-refractivity contribution >= 4 is 0 Å².